The second-order valence-corrected chi connectivity index (χ2v) is 5.09. The summed E-state index contributed by atoms with van der Waals surface area (Å²) in [7, 11) is 1.57. The van der Waals surface area contributed by atoms with E-state index in [1.165, 1.54) is 0 Å². The Balaban J connectivity index is 2.12. The number of benzene rings is 1. The van der Waals surface area contributed by atoms with Gasteiger partial charge in [0.05, 0.1) is 7.11 Å². The molecule has 1 saturated heterocycles. The van der Waals surface area contributed by atoms with Crippen LogP contribution in [0.1, 0.15) is 18.9 Å². The molecule has 0 aliphatic carbocycles. The lowest BCUT2D eigenvalue weighted by Gasteiger charge is -2.33. The van der Waals surface area contributed by atoms with Gasteiger partial charge in [0, 0.05) is 37.4 Å². The molecule has 0 atom stereocenters. The Labute approximate surface area is 124 Å². The maximum atomic E-state index is 12.2. The Kier molecular flexibility index (Phi) is 4.67. The standard InChI is InChI=1S/C15H21N3O3/c1-3-6-17-7-8-18(15(20)14(17)19)10-11-9-12(16)4-5-13(11)21-2/h4-5,9H,3,6-8,10,16H2,1-2H3. The molecule has 2 N–H and O–H groups in total. The van der Waals surface area contributed by atoms with Crippen LogP contribution in [0.2, 0.25) is 0 Å². The lowest BCUT2D eigenvalue weighted by molar-refractivity contribution is -0.156. The van der Waals surface area contributed by atoms with E-state index in [2.05, 4.69) is 0 Å². The van der Waals surface area contributed by atoms with Crippen molar-refractivity contribution in [1.82, 2.24) is 9.80 Å². The highest BCUT2D eigenvalue weighted by molar-refractivity contribution is 6.35. The Morgan fingerprint density at radius 1 is 1.19 bits per heavy atom. The van der Waals surface area contributed by atoms with E-state index in [0.717, 1.165) is 12.0 Å². The van der Waals surface area contributed by atoms with Crippen molar-refractivity contribution in [2.75, 3.05) is 32.5 Å². The molecule has 0 bridgehead atoms. The molecule has 0 saturated carbocycles. The van der Waals surface area contributed by atoms with Gasteiger partial charge in [-0.25, -0.2) is 0 Å². The number of rotatable bonds is 5. The SMILES string of the molecule is CCCN1CCN(Cc2cc(N)ccc2OC)C(=O)C1=O. The number of methoxy groups -OCH3 is 1. The van der Waals surface area contributed by atoms with Crippen molar-refractivity contribution in [2.45, 2.75) is 19.9 Å². The zero-order valence-electron chi connectivity index (χ0n) is 12.5. The number of nitrogens with zero attached hydrogens (tertiary/aromatic N) is 2. The monoisotopic (exact) mass is 291 g/mol. The topological polar surface area (TPSA) is 75.9 Å². The summed E-state index contributed by atoms with van der Waals surface area (Å²) in [5, 5.41) is 0. The quantitative estimate of drug-likeness (QED) is 0.645. The fourth-order valence-electron chi connectivity index (χ4n) is 2.48. The lowest BCUT2D eigenvalue weighted by atomic mass is 10.1. The number of ether oxygens (including phenoxy) is 1. The van der Waals surface area contributed by atoms with E-state index < -0.39 is 11.8 Å². The first-order chi connectivity index (χ1) is 10.1. The first-order valence-corrected chi connectivity index (χ1v) is 7.07. The van der Waals surface area contributed by atoms with Gasteiger partial charge in [-0.05, 0) is 24.6 Å². The molecule has 114 valence electrons. The molecule has 6 heteroatoms. The molecule has 1 aromatic carbocycles. The van der Waals surface area contributed by atoms with Gasteiger partial charge in [-0.1, -0.05) is 6.92 Å². The van der Waals surface area contributed by atoms with E-state index in [1.807, 2.05) is 6.92 Å². The molecule has 0 spiro atoms. The van der Waals surface area contributed by atoms with Crippen molar-refractivity contribution >= 4 is 17.5 Å². The molecular formula is C15H21N3O3. The van der Waals surface area contributed by atoms with Crippen molar-refractivity contribution < 1.29 is 14.3 Å². The average Bonchev–Trinajstić information content (AvgIpc) is 2.47. The Hall–Kier alpha value is -2.24. The van der Waals surface area contributed by atoms with Crippen molar-refractivity contribution in [3.63, 3.8) is 0 Å². The van der Waals surface area contributed by atoms with E-state index in [-0.39, 0.29) is 0 Å². The molecule has 0 unspecified atom stereocenters. The van der Waals surface area contributed by atoms with E-state index in [4.69, 9.17) is 10.5 Å². The molecule has 21 heavy (non-hydrogen) atoms. The van der Waals surface area contributed by atoms with E-state index >= 15 is 0 Å². The number of amides is 2. The highest BCUT2D eigenvalue weighted by Crippen LogP contribution is 2.23. The summed E-state index contributed by atoms with van der Waals surface area (Å²) in [4.78, 5) is 27.3. The zero-order chi connectivity index (χ0) is 15.4. The van der Waals surface area contributed by atoms with Gasteiger partial charge in [0.15, 0.2) is 0 Å². The fourth-order valence-corrected chi connectivity index (χ4v) is 2.48. The summed E-state index contributed by atoms with van der Waals surface area (Å²) in [6.45, 7) is 4.05. The van der Waals surface area contributed by atoms with Crippen molar-refractivity contribution in [3.05, 3.63) is 23.8 Å². The molecule has 6 nitrogen and oxygen atoms in total. The number of hydrogen-bond acceptors (Lipinski definition) is 4. The van der Waals surface area contributed by atoms with Gasteiger partial charge in [-0.15, -0.1) is 0 Å². The van der Waals surface area contributed by atoms with Gasteiger partial charge in [0.25, 0.3) is 0 Å². The number of piperazine rings is 1. The highest BCUT2D eigenvalue weighted by atomic mass is 16.5. The van der Waals surface area contributed by atoms with Crippen LogP contribution < -0.4 is 10.5 Å². The molecule has 2 rings (SSSR count). The first kappa shape index (κ1) is 15.2. The van der Waals surface area contributed by atoms with Crippen LogP contribution >= 0.6 is 0 Å². The maximum absolute atomic E-state index is 12.2. The number of carbonyl (C=O) groups is 2. The summed E-state index contributed by atoms with van der Waals surface area (Å²) in [6, 6.07) is 5.29. The van der Waals surface area contributed by atoms with Crippen LogP contribution in [0.5, 0.6) is 5.75 Å². The van der Waals surface area contributed by atoms with E-state index in [0.29, 0.717) is 37.6 Å². The zero-order valence-corrected chi connectivity index (χ0v) is 12.5. The summed E-state index contributed by atoms with van der Waals surface area (Å²) in [5.41, 5.74) is 7.19. The predicted octanol–water partition coefficient (Wildman–Crippen LogP) is 0.858. The number of anilines is 1. The molecule has 1 aliphatic rings. The third-order valence-electron chi connectivity index (χ3n) is 3.56. The molecule has 1 aliphatic heterocycles. The van der Waals surface area contributed by atoms with Crippen molar-refractivity contribution in [1.29, 1.82) is 0 Å². The molecule has 0 aromatic heterocycles. The van der Waals surface area contributed by atoms with Crippen LogP contribution in [-0.2, 0) is 16.1 Å². The molecule has 0 radical (unpaired) electrons. The number of hydrogen-bond donors (Lipinski definition) is 1. The Morgan fingerprint density at radius 2 is 1.86 bits per heavy atom. The van der Waals surface area contributed by atoms with Crippen LogP contribution in [-0.4, -0.2) is 48.4 Å². The predicted molar refractivity (Wildman–Crippen MR) is 79.7 cm³/mol. The fraction of sp³-hybridized carbons (Fsp3) is 0.467. The van der Waals surface area contributed by atoms with Gasteiger partial charge >= 0.3 is 11.8 Å². The third kappa shape index (κ3) is 3.26. The molecule has 1 fully saturated rings. The van der Waals surface area contributed by atoms with E-state index in [1.54, 1.807) is 35.1 Å². The highest BCUT2D eigenvalue weighted by Gasteiger charge is 2.32. The minimum absolute atomic E-state index is 0.332. The Morgan fingerprint density at radius 3 is 2.52 bits per heavy atom. The second kappa shape index (κ2) is 6.47. The number of carbonyl (C=O) groups excluding carboxylic acids is 2. The van der Waals surface area contributed by atoms with Crippen LogP contribution in [0, 0.1) is 0 Å². The smallest absolute Gasteiger partial charge is 0.312 e. The number of nitrogen functional groups attached to an aromatic ring is 1. The molecule has 1 heterocycles. The minimum Gasteiger partial charge on any atom is -0.496 e. The molecular weight excluding hydrogens is 270 g/mol. The number of nitrogens with two attached hydrogens (primary N) is 1. The maximum Gasteiger partial charge on any atom is 0.312 e. The van der Waals surface area contributed by atoms with Gasteiger partial charge < -0.3 is 20.3 Å². The van der Waals surface area contributed by atoms with E-state index in [9.17, 15) is 9.59 Å². The normalized spacial score (nSPS) is 15.5. The van der Waals surface area contributed by atoms with Crippen LogP contribution in [0.15, 0.2) is 18.2 Å². The van der Waals surface area contributed by atoms with Gasteiger partial charge in [0.2, 0.25) is 0 Å². The Bertz CT molecular complexity index is 545. The van der Waals surface area contributed by atoms with Crippen molar-refractivity contribution in [3.8, 4) is 5.75 Å². The third-order valence-corrected chi connectivity index (χ3v) is 3.56. The summed E-state index contributed by atoms with van der Waals surface area (Å²) >= 11 is 0. The van der Waals surface area contributed by atoms with Crippen LogP contribution in [0.4, 0.5) is 5.69 Å². The van der Waals surface area contributed by atoms with Crippen LogP contribution in [0.3, 0.4) is 0 Å². The lowest BCUT2D eigenvalue weighted by Crippen LogP contribution is -2.53. The summed E-state index contributed by atoms with van der Waals surface area (Å²) in [6.07, 6.45) is 0.849. The molecule has 2 amide bonds. The largest absolute Gasteiger partial charge is 0.496 e. The summed E-state index contributed by atoms with van der Waals surface area (Å²) in [5.74, 6) is -0.217. The van der Waals surface area contributed by atoms with Gasteiger partial charge in [0.1, 0.15) is 5.75 Å². The average molecular weight is 291 g/mol. The van der Waals surface area contributed by atoms with Gasteiger partial charge in [-0.3, -0.25) is 9.59 Å². The minimum atomic E-state index is -0.459. The molecule has 1 aromatic rings. The first-order valence-electron chi connectivity index (χ1n) is 7.07. The second-order valence-electron chi connectivity index (χ2n) is 5.09. The summed E-state index contributed by atoms with van der Waals surface area (Å²) < 4.78 is 5.27. The van der Waals surface area contributed by atoms with Crippen LogP contribution in [0.25, 0.3) is 0 Å². The van der Waals surface area contributed by atoms with Crippen molar-refractivity contribution in [2.24, 2.45) is 0 Å². The van der Waals surface area contributed by atoms with Gasteiger partial charge in [-0.2, -0.15) is 0 Å².